The Hall–Kier alpha value is -2.03. The minimum absolute atomic E-state index is 0.780. The fraction of sp³-hybridized carbons (Fsp3) is 0.389. The molecule has 0 unspecified atom stereocenters. The van der Waals surface area contributed by atoms with E-state index in [4.69, 9.17) is 9.15 Å². The van der Waals surface area contributed by atoms with Crippen molar-refractivity contribution >= 4 is 5.57 Å². The summed E-state index contributed by atoms with van der Waals surface area (Å²) in [7, 11) is 1.67. The molecule has 21 heavy (non-hydrogen) atoms. The summed E-state index contributed by atoms with van der Waals surface area (Å²) in [6, 6.07) is 7.87. The SMILES string of the molecule is COc1ccc(-c2cnc(/C3=C/CCCCCC3)o2)cc1. The molecule has 0 amide bonds. The lowest BCUT2D eigenvalue weighted by Gasteiger charge is -2.08. The summed E-state index contributed by atoms with van der Waals surface area (Å²) in [6.07, 6.45) is 11.5. The number of rotatable bonds is 3. The Kier molecular flexibility index (Phi) is 4.39. The first-order chi connectivity index (χ1) is 10.4. The van der Waals surface area contributed by atoms with Gasteiger partial charge >= 0.3 is 0 Å². The van der Waals surface area contributed by atoms with E-state index in [9.17, 15) is 0 Å². The van der Waals surface area contributed by atoms with Crippen molar-refractivity contribution < 1.29 is 9.15 Å². The fourth-order valence-electron chi connectivity index (χ4n) is 2.70. The second-order valence-corrected chi connectivity index (χ2v) is 5.44. The van der Waals surface area contributed by atoms with Gasteiger partial charge in [0.25, 0.3) is 0 Å². The number of benzene rings is 1. The first kappa shape index (κ1) is 13.9. The quantitative estimate of drug-likeness (QED) is 0.787. The van der Waals surface area contributed by atoms with E-state index in [1.54, 1.807) is 7.11 Å². The van der Waals surface area contributed by atoms with Gasteiger partial charge in [-0.3, -0.25) is 0 Å². The van der Waals surface area contributed by atoms with Gasteiger partial charge < -0.3 is 9.15 Å². The summed E-state index contributed by atoms with van der Waals surface area (Å²) < 4.78 is 11.1. The Morgan fingerprint density at radius 2 is 1.86 bits per heavy atom. The van der Waals surface area contributed by atoms with Crippen molar-refractivity contribution in [1.29, 1.82) is 0 Å². The van der Waals surface area contributed by atoms with E-state index in [2.05, 4.69) is 11.1 Å². The van der Waals surface area contributed by atoms with Gasteiger partial charge in [0.2, 0.25) is 5.89 Å². The number of ether oxygens (including phenoxy) is 1. The zero-order chi connectivity index (χ0) is 14.5. The van der Waals surface area contributed by atoms with E-state index in [1.165, 1.54) is 31.3 Å². The molecule has 1 aromatic heterocycles. The largest absolute Gasteiger partial charge is 0.497 e. The molecule has 1 aliphatic rings. The van der Waals surface area contributed by atoms with Gasteiger partial charge in [-0.15, -0.1) is 0 Å². The van der Waals surface area contributed by atoms with Crippen LogP contribution in [0.5, 0.6) is 5.75 Å². The third-order valence-electron chi connectivity index (χ3n) is 3.95. The van der Waals surface area contributed by atoms with Gasteiger partial charge in [-0.2, -0.15) is 0 Å². The van der Waals surface area contributed by atoms with E-state index in [1.807, 2.05) is 30.5 Å². The molecule has 0 N–H and O–H groups in total. The highest BCUT2D eigenvalue weighted by molar-refractivity contribution is 5.63. The molecule has 0 saturated heterocycles. The van der Waals surface area contributed by atoms with Crippen molar-refractivity contribution in [2.45, 2.75) is 38.5 Å². The predicted octanol–water partition coefficient (Wildman–Crippen LogP) is 5.09. The summed E-state index contributed by atoms with van der Waals surface area (Å²) in [5, 5.41) is 0. The van der Waals surface area contributed by atoms with Gasteiger partial charge in [0, 0.05) is 11.1 Å². The smallest absolute Gasteiger partial charge is 0.222 e. The minimum Gasteiger partial charge on any atom is -0.497 e. The lowest BCUT2D eigenvalue weighted by molar-refractivity contribution is 0.415. The van der Waals surface area contributed by atoms with Crippen LogP contribution in [-0.2, 0) is 0 Å². The van der Waals surface area contributed by atoms with Gasteiger partial charge in [0.15, 0.2) is 5.76 Å². The standard InChI is InChI=1S/C18H21NO2/c1-20-16-11-9-14(10-12-16)17-13-19-18(21-17)15-7-5-3-2-4-6-8-15/h7,9-13H,2-6,8H2,1H3/b15-7+. The number of nitrogens with zero attached hydrogens (tertiary/aromatic N) is 1. The van der Waals surface area contributed by atoms with Crippen molar-refractivity contribution in [2.75, 3.05) is 7.11 Å². The topological polar surface area (TPSA) is 35.3 Å². The van der Waals surface area contributed by atoms with Crippen LogP contribution in [0.4, 0.5) is 0 Å². The molecule has 3 heteroatoms. The molecule has 0 aliphatic heterocycles. The summed E-state index contributed by atoms with van der Waals surface area (Å²) in [4.78, 5) is 4.46. The molecule has 3 nitrogen and oxygen atoms in total. The van der Waals surface area contributed by atoms with Crippen molar-refractivity contribution in [3.05, 3.63) is 42.4 Å². The van der Waals surface area contributed by atoms with Crippen LogP contribution in [0.1, 0.15) is 44.4 Å². The molecule has 110 valence electrons. The lowest BCUT2D eigenvalue weighted by atomic mass is 10.00. The summed E-state index contributed by atoms with van der Waals surface area (Å²) in [5.41, 5.74) is 2.29. The van der Waals surface area contributed by atoms with Gasteiger partial charge in [0.05, 0.1) is 13.3 Å². The highest BCUT2D eigenvalue weighted by atomic mass is 16.5. The fourth-order valence-corrected chi connectivity index (χ4v) is 2.70. The molecule has 0 atom stereocenters. The highest BCUT2D eigenvalue weighted by Gasteiger charge is 2.12. The zero-order valence-corrected chi connectivity index (χ0v) is 12.5. The molecule has 1 aliphatic carbocycles. The molecule has 0 bridgehead atoms. The van der Waals surface area contributed by atoms with Crippen LogP contribution in [0.3, 0.4) is 0 Å². The molecule has 1 heterocycles. The van der Waals surface area contributed by atoms with Crippen LogP contribution in [0, 0.1) is 0 Å². The number of hydrogen-bond donors (Lipinski definition) is 0. The van der Waals surface area contributed by atoms with Crippen molar-refractivity contribution in [2.24, 2.45) is 0 Å². The van der Waals surface area contributed by atoms with Crippen LogP contribution in [0.25, 0.3) is 16.9 Å². The van der Waals surface area contributed by atoms with Crippen LogP contribution in [-0.4, -0.2) is 12.1 Å². The number of methoxy groups -OCH3 is 1. The molecule has 3 rings (SSSR count). The van der Waals surface area contributed by atoms with E-state index >= 15 is 0 Å². The number of hydrogen-bond acceptors (Lipinski definition) is 3. The highest BCUT2D eigenvalue weighted by Crippen LogP contribution is 2.29. The average Bonchev–Trinajstić information content (AvgIpc) is 2.97. The van der Waals surface area contributed by atoms with Gasteiger partial charge in [-0.05, 0) is 49.9 Å². The third-order valence-corrected chi connectivity index (χ3v) is 3.95. The number of oxazole rings is 1. The van der Waals surface area contributed by atoms with Crippen LogP contribution in [0.2, 0.25) is 0 Å². The number of allylic oxidation sites excluding steroid dienone is 2. The molecule has 0 saturated carbocycles. The molecule has 1 aromatic carbocycles. The van der Waals surface area contributed by atoms with Crippen molar-refractivity contribution in [1.82, 2.24) is 4.98 Å². The van der Waals surface area contributed by atoms with E-state index in [-0.39, 0.29) is 0 Å². The molecule has 0 fully saturated rings. The zero-order valence-electron chi connectivity index (χ0n) is 12.5. The third kappa shape index (κ3) is 3.35. The van der Waals surface area contributed by atoms with Crippen LogP contribution in [0.15, 0.2) is 41.0 Å². The summed E-state index contributed by atoms with van der Waals surface area (Å²) >= 11 is 0. The van der Waals surface area contributed by atoms with E-state index in [0.29, 0.717) is 0 Å². The lowest BCUT2D eigenvalue weighted by Crippen LogP contribution is -1.90. The Morgan fingerprint density at radius 1 is 1.05 bits per heavy atom. The van der Waals surface area contributed by atoms with Crippen LogP contribution < -0.4 is 4.74 Å². The van der Waals surface area contributed by atoms with Crippen LogP contribution >= 0.6 is 0 Å². The minimum atomic E-state index is 0.780. The second-order valence-electron chi connectivity index (χ2n) is 5.44. The first-order valence-electron chi connectivity index (χ1n) is 7.66. The van der Waals surface area contributed by atoms with E-state index < -0.39 is 0 Å². The molecule has 2 aromatic rings. The molecule has 0 spiro atoms. The van der Waals surface area contributed by atoms with Gasteiger partial charge in [-0.1, -0.05) is 18.9 Å². The monoisotopic (exact) mass is 283 g/mol. The first-order valence-corrected chi connectivity index (χ1v) is 7.66. The Balaban J connectivity index is 1.81. The van der Waals surface area contributed by atoms with Gasteiger partial charge in [0.1, 0.15) is 5.75 Å². The maximum absolute atomic E-state index is 5.96. The Bertz CT molecular complexity index is 610. The average molecular weight is 283 g/mol. The van der Waals surface area contributed by atoms with E-state index in [0.717, 1.165) is 35.8 Å². The molecular formula is C18H21NO2. The van der Waals surface area contributed by atoms with Crippen molar-refractivity contribution in [3.8, 4) is 17.1 Å². The summed E-state index contributed by atoms with van der Waals surface area (Å²) in [5.74, 6) is 2.44. The second kappa shape index (κ2) is 6.61. The number of aromatic nitrogens is 1. The molecule has 0 radical (unpaired) electrons. The Morgan fingerprint density at radius 3 is 2.67 bits per heavy atom. The van der Waals surface area contributed by atoms with Gasteiger partial charge in [-0.25, -0.2) is 4.98 Å². The predicted molar refractivity (Wildman–Crippen MR) is 84.2 cm³/mol. The maximum atomic E-state index is 5.96. The summed E-state index contributed by atoms with van der Waals surface area (Å²) in [6.45, 7) is 0. The van der Waals surface area contributed by atoms with Crippen molar-refractivity contribution in [3.63, 3.8) is 0 Å². The molecular weight excluding hydrogens is 262 g/mol. The normalized spacial score (nSPS) is 18.4. The maximum Gasteiger partial charge on any atom is 0.222 e. The Labute approximate surface area is 125 Å².